The summed E-state index contributed by atoms with van der Waals surface area (Å²) in [6.07, 6.45) is 4.97. The molecule has 3 aromatic rings. The van der Waals surface area contributed by atoms with Crippen LogP contribution in [0.15, 0.2) is 28.6 Å². The van der Waals surface area contributed by atoms with Crippen molar-refractivity contribution in [3.8, 4) is 0 Å². The summed E-state index contributed by atoms with van der Waals surface area (Å²) in [6, 6.07) is 5.71. The molecule has 1 aliphatic carbocycles. The zero-order chi connectivity index (χ0) is 26.4. The highest BCUT2D eigenvalue weighted by Crippen LogP contribution is 2.38. The largest absolute Gasteiger partial charge is 0.462 e. The number of hydrogen-bond acceptors (Lipinski definition) is 9. The van der Waals surface area contributed by atoms with Gasteiger partial charge in [-0.05, 0) is 62.8 Å². The molecule has 12 heteroatoms. The van der Waals surface area contributed by atoms with E-state index in [-0.39, 0.29) is 30.7 Å². The second kappa shape index (κ2) is 12.6. The number of hydrogen-bond donors (Lipinski definition) is 2. The van der Waals surface area contributed by atoms with Gasteiger partial charge in [-0.2, -0.15) is 0 Å². The van der Waals surface area contributed by atoms with Crippen molar-refractivity contribution in [3.63, 3.8) is 0 Å². The molecule has 0 spiro atoms. The predicted octanol–water partition coefficient (Wildman–Crippen LogP) is 5.48. The Morgan fingerprint density at radius 2 is 1.84 bits per heavy atom. The Kier molecular flexibility index (Phi) is 9.28. The summed E-state index contributed by atoms with van der Waals surface area (Å²) in [4.78, 5) is 39.2. The van der Waals surface area contributed by atoms with E-state index in [1.165, 1.54) is 35.2 Å². The number of nitrogens with one attached hydrogen (secondary N) is 2. The third kappa shape index (κ3) is 7.14. The molecule has 8 nitrogen and oxygen atoms in total. The van der Waals surface area contributed by atoms with E-state index in [0.29, 0.717) is 25.6 Å². The van der Waals surface area contributed by atoms with Crippen molar-refractivity contribution < 1.29 is 23.5 Å². The van der Waals surface area contributed by atoms with E-state index in [2.05, 4.69) is 20.8 Å². The minimum atomic E-state index is -0.521. The Balaban J connectivity index is 1.37. The van der Waals surface area contributed by atoms with Gasteiger partial charge >= 0.3 is 5.97 Å². The molecule has 0 saturated heterocycles. The summed E-state index contributed by atoms with van der Waals surface area (Å²) in [7, 11) is 0. The SMILES string of the molecule is CCOC(=O)c1c(NC(=O)C(C)Sc2nnc(NC(=O)Cc3ccc(F)cc3)s2)sc2c1CCCCC2. The number of esters is 1. The van der Waals surface area contributed by atoms with Gasteiger partial charge in [0.15, 0.2) is 4.34 Å². The first-order valence-electron chi connectivity index (χ1n) is 12.0. The van der Waals surface area contributed by atoms with Gasteiger partial charge in [0.25, 0.3) is 0 Å². The maximum atomic E-state index is 13.0. The molecule has 2 amide bonds. The van der Waals surface area contributed by atoms with E-state index in [1.54, 1.807) is 26.0 Å². The quantitative estimate of drug-likeness (QED) is 0.154. The van der Waals surface area contributed by atoms with Gasteiger partial charge in [-0.25, -0.2) is 9.18 Å². The minimum Gasteiger partial charge on any atom is -0.462 e. The van der Waals surface area contributed by atoms with E-state index in [0.717, 1.165) is 53.9 Å². The number of carbonyl (C=O) groups excluding carboxylic acids is 3. The molecule has 1 unspecified atom stereocenters. The Morgan fingerprint density at radius 3 is 2.59 bits per heavy atom. The summed E-state index contributed by atoms with van der Waals surface area (Å²) in [6.45, 7) is 3.78. The van der Waals surface area contributed by atoms with Crippen molar-refractivity contribution in [3.05, 3.63) is 51.7 Å². The van der Waals surface area contributed by atoms with Crippen LogP contribution in [-0.2, 0) is 33.6 Å². The fourth-order valence-electron chi connectivity index (χ4n) is 3.93. The van der Waals surface area contributed by atoms with Crippen molar-refractivity contribution in [2.75, 3.05) is 17.2 Å². The number of rotatable bonds is 9. The molecular formula is C25H27FN4O4S3. The third-order valence-corrected chi connectivity index (χ3v) is 8.95. The molecule has 2 heterocycles. The average molecular weight is 563 g/mol. The lowest BCUT2D eigenvalue weighted by Gasteiger charge is -2.11. The summed E-state index contributed by atoms with van der Waals surface area (Å²) in [5.74, 6) is -1.32. The summed E-state index contributed by atoms with van der Waals surface area (Å²) in [5, 5.41) is 14.0. The van der Waals surface area contributed by atoms with Crippen molar-refractivity contribution >= 4 is 62.4 Å². The highest BCUT2D eigenvalue weighted by Gasteiger charge is 2.28. The maximum Gasteiger partial charge on any atom is 0.341 e. The molecule has 1 aliphatic rings. The van der Waals surface area contributed by atoms with Crippen LogP contribution in [0.3, 0.4) is 0 Å². The topological polar surface area (TPSA) is 110 Å². The molecule has 0 saturated carbocycles. The standard InChI is InChI=1S/C25H27FN4O4S3/c1-3-34-23(33)20-17-7-5-4-6-8-18(17)36-22(20)28-21(32)14(2)35-25-30-29-24(37-25)27-19(31)13-15-9-11-16(26)12-10-15/h9-12,14H,3-8,13H2,1-2H3,(H,28,32)(H,27,29,31). The molecule has 4 rings (SSSR count). The van der Waals surface area contributed by atoms with Crippen molar-refractivity contribution in [1.82, 2.24) is 10.2 Å². The number of amides is 2. The smallest absolute Gasteiger partial charge is 0.341 e. The zero-order valence-electron chi connectivity index (χ0n) is 20.5. The van der Waals surface area contributed by atoms with Crippen LogP contribution in [0.25, 0.3) is 0 Å². The molecular weight excluding hydrogens is 535 g/mol. The second-order valence-corrected chi connectivity index (χ2v) is 12.1. The first kappa shape index (κ1) is 27.2. The first-order valence-corrected chi connectivity index (χ1v) is 14.5. The fraction of sp³-hybridized carbons (Fsp3) is 0.400. The molecule has 196 valence electrons. The summed E-state index contributed by atoms with van der Waals surface area (Å²) >= 11 is 3.84. The van der Waals surface area contributed by atoms with Gasteiger partial charge < -0.3 is 15.4 Å². The Bertz CT molecular complexity index is 1280. The van der Waals surface area contributed by atoms with Crippen LogP contribution in [0.4, 0.5) is 14.5 Å². The lowest BCUT2D eigenvalue weighted by atomic mass is 10.1. The minimum absolute atomic E-state index is 0.0781. The number of halogens is 1. The number of ether oxygens (including phenoxy) is 1. The first-order chi connectivity index (χ1) is 17.8. The molecule has 1 atom stereocenters. The molecule has 37 heavy (non-hydrogen) atoms. The number of anilines is 2. The van der Waals surface area contributed by atoms with Crippen LogP contribution in [0, 0.1) is 5.82 Å². The van der Waals surface area contributed by atoms with Crippen molar-refractivity contribution in [2.45, 2.75) is 62.0 Å². The number of thioether (sulfide) groups is 1. The van der Waals surface area contributed by atoms with E-state index in [1.807, 2.05) is 0 Å². The van der Waals surface area contributed by atoms with E-state index in [9.17, 15) is 18.8 Å². The fourth-order valence-corrected chi connectivity index (χ4v) is 7.12. The number of aryl methyl sites for hydroxylation is 1. The van der Waals surface area contributed by atoms with Crippen LogP contribution in [0.1, 0.15) is 59.5 Å². The summed E-state index contributed by atoms with van der Waals surface area (Å²) in [5.41, 5.74) is 2.16. The van der Waals surface area contributed by atoms with Gasteiger partial charge in [-0.15, -0.1) is 21.5 Å². The van der Waals surface area contributed by atoms with Crippen LogP contribution < -0.4 is 10.6 Å². The summed E-state index contributed by atoms with van der Waals surface area (Å²) < 4.78 is 18.9. The Labute approximate surface area is 226 Å². The number of nitrogens with zero attached hydrogens (tertiary/aromatic N) is 2. The van der Waals surface area contributed by atoms with Gasteiger partial charge in [-0.3, -0.25) is 9.59 Å². The van der Waals surface area contributed by atoms with Crippen molar-refractivity contribution in [1.29, 1.82) is 0 Å². The van der Waals surface area contributed by atoms with E-state index < -0.39 is 11.2 Å². The van der Waals surface area contributed by atoms with Gasteiger partial charge in [-0.1, -0.05) is 41.7 Å². The average Bonchev–Trinajstić information content (AvgIpc) is 3.36. The van der Waals surface area contributed by atoms with E-state index >= 15 is 0 Å². The predicted molar refractivity (Wildman–Crippen MR) is 144 cm³/mol. The monoisotopic (exact) mass is 562 g/mol. The Morgan fingerprint density at radius 1 is 1.08 bits per heavy atom. The lowest BCUT2D eigenvalue weighted by molar-refractivity contribution is -0.116. The van der Waals surface area contributed by atoms with Gasteiger partial charge in [0.1, 0.15) is 10.8 Å². The number of aromatic nitrogens is 2. The van der Waals surface area contributed by atoms with Gasteiger partial charge in [0, 0.05) is 4.88 Å². The molecule has 2 N–H and O–H groups in total. The maximum absolute atomic E-state index is 13.0. The molecule has 2 aromatic heterocycles. The number of fused-ring (bicyclic) bond motifs is 1. The highest BCUT2D eigenvalue weighted by molar-refractivity contribution is 8.02. The highest BCUT2D eigenvalue weighted by atomic mass is 32.2. The molecule has 0 fully saturated rings. The second-order valence-electron chi connectivity index (χ2n) is 8.46. The molecule has 0 bridgehead atoms. The lowest BCUT2D eigenvalue weighted by Crippen LogP contribution is -2.23. The number of benzene rings is 1. The Hall–Kier alpha value is -2.83. The van der Waals surface area contributed by atoms with Crippen LogP contribution in [-0.4, -0.2) is 39.8 Å². The molecule has 1 aromatic carbocycles. The third-order valence-electron chi connectivity index (χ3n) is 5.72. The van der Waals surface area contributed by atoms with Crippen LogP contribution >= 0.6 is 34.4 Å². The number of thiophene rings is 1. The molecule has 0 radical (unpaired) electrons. The number of carbonyl (C=O) groups is 3. The van der Waals surface area contributed by atoms with Gasteiger partial charge in [0.2, 0.25) is 16.9 Å². The zero-order valence-corrected chi connectivity index (χ0v) is 22.9. The van der Waals surface area contributed by atoms with Crippen molar-refractivity contribution in [2.24, 2.45) is 0 Å². The molecule has 0 aliphatic heterocycles. The normalized spacial score (nSPS) is 13.8. The van der Waals surface area contributed by atoms with Gasteiger partial charge in [0.05, 0.1) is 23.8 Å². The van der Waals surface area contributed by atoms with Crippen LogP contribution in [0.5, 0.6) is 0 Å². The van der Waals surface area contributed by atoms with E-state index in [4.69, 9.17) is 4.74 Å². The van der Waals surface area contributed by atoms with Crippen LogP contribution in [0.2, 0.25) is 0 Å².